The van der Waals surface area contributed by atoms with Crippen LogP contribution in [0.15, 0.2) is 76.4 Å². The molecule has 0 aliphatic heterocycles. The Bertz CT molecular complexity index is 1100. The van der Waals surface area contributed by atoms with E-state index >= 15 is 0 Å². The lowest BCUT2D eigenvalue weighted by atomic mass is 10.1. The zero-order chi connectivity index (χ0) is 18.6. The number of carbonyl (C=O) groups is 1. The minimum atomic E-state index is -0.119. The number of anilines is 1. The first-order valence-electron chi connectivity index (χ1n) is 8.50. The highest BCUT2D eigenvalue weighted by Crippen LogP contribution is 2.25. The van der Waals surface area contributed by atoms with Crippen molar-refractivity contribution in [3.05, 3.63) is 72.3 Å². The summed E-state index contributed by atoms with van der Waals surface area (Å²) in [5.41, 5.74) is 2.79. The summed E-state index contributed by atoms with van der Waals surface area (Å²) in [4.78, 5) is 12.3. The average Bonchev–Trinajstić information content (AvgIpc) is 3.16. The van der Waals surface area contributed by atoms with Crippen LogP contribution < -0.4 is 5.32 Å². The Morgan fingerprint density at radius 1 is 1.04 bits per heavy atom. The van der Waals surface area contributed by atoms with E-state index in [4.69, 9.17) is 4.42 Å². The van der Waals surface area contributed by atoms with E-state index in [0.717, 1.165) is 27.6 Å². The Morgan fingerprint density at radius 3 is 2.74 bits per heavy atom. The minimum Gasteiger partial charge on any atom is -0.411 e. The van der Waals surface area contributed by atoms with Gasteiger partial charge in [0, 0.05) is 16.6 Å². The van der Waals surface area contributed by atoms with Crippen molar-refractivity contribution in [2.24, 2.45) is 0 Å². The second-order valence-corrected chi connectivity index (χ2v) is 7.03. The fourth-order valence-corrected chi connectivity index (χ4v) is 3.37. The number of hydrogen-bond acceptors (Lipinski definition) is 5. The fourth-order valence-electron chi connectivity index (χ4n) is 2.81. The van der Waals surface area contributed by atoms with Gasteiger partial charge in [0.1, 0.15) is 0 Å². The SMILES string of the molecule is Cc1cccc(-c2nnc(SCC(=O)Nc3cccc4ccccc34)o2)c1. The molecule has 0 spiro atoms. The number of fused-ring (bicyclic) bond motifs is 1. The van der Waals surface area contributed by atoms with Crippen LogP contribution in [-0.4, -0.2) is 21.9 Å². The number of hydrogen-bond donors (Lipinski definition) is 1. The molecule has 0 aliphatic carbocycles. The molecule has 1 amide bonds. The molecule has 6 heteroatoms. The monoisotopic (exact) mass is 375 g/mol. The molecule has 4 rings (SSSR count). The van der Waals surface area contributed by atoms with Gasteiger partial charge in [-0.1, -0.05) is 65.9 Å². The summed E-state index contributed by atoms with van der Waals surface area (Å²) in [6, 6.07) is 21.6. The van der Waals surface area contributed by atoms with Crippen molar-refractivity contribution < 1.29 is 9.21 Å². The molecule has 0 radical (unpaired) electrons. The number of aromatic nitrogens is 2. The normalized spacial score (nSPS) is 10.9. The van der Waals surface area contributed by atoms with Gasteiger partial charge in [-0.3, -0.25) is 4.79 Å². The molecule has 0 atom stereocenters. The van der Waals surface area contributed by atoms with E-state index in [0.29, 0.717) is 11.1 Å². The van der Waals surface area contributed by atoms with E-state index in [1.165, 1.54) is 11.8 Å². The standard InChI is InChI=1S/C21H17N3O2S/c1-14-6-4-9-16(12-14)20-23-24-21(26-20)27-13-19(25)22-18-11-5-8-15-7-2-3-10-17(15)18/h2-12H,13H2,1H3,(H,22,25). The first-order valence-corrected chi connectivity index (χ1v) is 9.48. The first-order chi connectivity index (χ1) is 13.2. The molecule has 0 fully saturated rings. The summed E-state index contributed by atoms with van der Waals surface area (Å²) >= 11 is 1.22. The van der Waals surface area contributed by atoms with Gasteiger partial charge in [-0.2, -0.15) is 0 Å². The molecule has 0 unspecified atom stereocenters. The smallest absolute Gasteiger partial charge is 0.277 e. The van der Waals surface area contributed by atoms with Crippen molar-refractivity contribution >= 4 is 34.1 Å². The highest BCUT2D eigenvalue weighted by atomic mass is 32.2. The second kappa shape index (κ2) is 7.63. The maximum absolute atomic E-state index is 12.3. The van der Waals surface area contributed by atoms with Gasteiger partial charge in [-0.15, -0.1) is 10.2 Å². The van der Waals surface area contributed by atoms with Crippen molar-refractivity contribution in [2.75, 3.05) is 11.1 Å². The molecular weight excluding hydrogens is 358 g/mol. The van der Waals surface area contributed by atoms with Gasteiger partial charge in [0.2, 0.25) is 11.8 Å². The van der Waals surface area contributed by atoms with Gasteiger partial charge in [-0.05, 0) is 30.5 Å². The number of rotatable bonds is 5. The number of thioether (sulfide) groups is 1. The average molecular weight is 375 g/mol. The van der Waals surface area contributed by atoms with Gasteiger partial charge in [0.15, 0.2) is 0 Å². The Hall–Kier alpha value is -3.12. The number of nitrogens with zero attached hydrogens (tertiary/aromatic N) is 2. The molecular formula is C21H17N3O2S. The van der Waals surface area contributed by atoms with Crippen molar-refractivity contribution in [1.82, 2.24) is 10.2 Å². The number of carbonyl (C=O) groups excluding carboxylic acids is 1. The van der Waals surface area contributed by atoms with Crippen LogP contribution in [0.25, 0.3) is 22.2 Å². The van der Waals surface area contributed by atoms with Crippen molar-refractivity contribution in [1.29, 1.82) is 0 Å². The van der Waals surface area contributed by atoms with Gasteiger partial charge >= 0.3 is 0 Å². The molecule has 5 nitrogen and oxygen atoms in total. The summed E-state index contributed by atoms with van der Waals surface area (Å²) in [5, 5.41) is 13.5. The zero-order valence-electron chi connectivity index (χ0n) is 14.7. The van der Waals surface area contributed by atoms with Crippen LogP contribution in [0.2, 0.25) is 0 Å². The summed E-state index contributed by atoms with van der Waals surface area (Å²) in [6.45, 7) is 2.01. The molecule has 0 saturated carbocycles. The number of benzene rings is 3. The van der Waals surface area contributed by atoms with Crippen molar-refractivity contribution in [3.8, 4) is 11.5 Å². The van der Waals surface area contributed by atoms with E-state index < -0.39 is 0 Å². The molecule has 134 valence electrons. The molecule has 3 aromatic carbocycles. The van der Waals surface area contributed by atoms with Crippen LogP contribution >= 0.6 is 11.8 Å². The summed E-state index contributed by atoms with van der Waals surface area (Å²) in [6.07, 6.45) is 0. The predicted molar refractivity (Wildman–Crippen MR) is 108 cm³/mol. The summed E-state index contributed by atoms with van der Waals surface area (Å²) in [5.74, 6) is 0.529. The lowest BCUT2D eigenvalue weighted by molar-refractivity contribution is -0.113. The molecule has 0 bridgehead atoms. The Labute approximate surface area is 160 Å². The Balaban J connectivity index is 1.41. The molecule has 0 saturated heterocycles. The number of amides is 1. The lowest BCUT2D eigenvalue weighted by Crippen LogP contribution is -2.14. The largest absolute Gasteiger partial charge is 0.411 e. The van der Waals surface area contributed by atoms with E-state index in [2.05, 4.69) is 15.5 Å². The molecule has 1 N–H and O–H groups in total. The van der Waals surface area contributed by atoms with E-state index in [9.17, 15) is 4.79 Å². The third-order valence-electron chi connectivity index (χ3n) is 4.06. The quantitative estimate of drug-likeness (QED) is 0.501. The van der Waals surface area contributed by atoms with E-state index in [1.807, 2.05) is 73.7 Å². The Kier molecular flexibility index (Phi) is 4.89. The van der Waals surface area contributed by atoms with Crippen LogP contribution in [0.5, 0.6) is 0 Å². The van der Waals surface area contributed by atoms with E-state index in [-0.39, 0.29) is 11.7 Å². The zero-order valence-corrected chi connectivity index (χ0v) is 15.5. The number of nitrogens with one attached hydrogen (secondary N) is 1. The van der Waals surface area contributed by atoms with Gasteiger partial charge in [0.25, 0.3) is 5.22 Å². The second-order valence-electron chi connectivity index (χ2n) is 6.11. The third kappa shape index (κ3) is 4.01. The van der Waals surface area contributed by atoms with Crippen LogP contribution in [-0.2, 0) is 4.79 Å². The van der Waals surface area contributed by atoms with Crippen LogP contribution in [0.1, 0.15) is 5.56 Å². The topological polar surface area (TPSA) is 68.0 Å². The minimum absolute atomic E-state index is 0.119. The highest BCUT2D eigenvalue weighted by molar-refractivity contribution is 7.99. The molecule has 0 aliphatic rings. The van der Waals surface area contributed by atoms with Crippen molar-refractivity contribution in [2.45, 2.75) is 12.1 Å². The van der Waals surface area contributed by atoms with Gasteiger partial charge < -0.3 is 9.73 Å². The maximum atomic E-state index is 12.3. The molecule has 1 heterocycles. The molecule has 4 aromatic rings. The van der Waals surface area contributed by atoms with Crippen LogP contribution in [0.4, 0.5) is 5.69 Å². The van der Waals surface area contributed by atoms with Crippen LogP contribution in [0, 0.1) is 6.92 Å². The first kappa shape index (κ1) is 17.3. The molecule has 1 aromatic heterocycles. The third-order valence-corrected chi connectivity index (χ3v) is 4.88. The van der Waals surface area contributed by atoms with Gasteiger partial charge in [-0.25, -0.2) is 0 Å². The lowest BCUT2D eigenvalue weighted by Gasteiger charge is -2.07. The summed E-state index contributed by atoms with van der Waals surface area (Å²) < 4.78 is 5.66. The predicted octanol–water partition coefficient (Wildman–Crippen LogP) is 4.93. The Morgan fingerprint density at radius 2 is 1.85 bits per heavy atom. The molecule has 27 heavy (non-hydrogen) atoms. The van der Waals surface area contributed by atoms with Crippen LogP contribution in [0.3, 0.4) is 0 Å². The number of aryl methyl sites for hydroxylation is 1. The summed E-state index contributed by atoms with van der Waals surface area (Å²) in [7, 11) is 0. The van der Waals surface area contributed by atoms with Crippen molar-refractivity contribution in [3.63, 3.8) is 0 Å². The van der Waals surface area contributed by atoms with Gasteiger partial charge in [0.05, 0.1) is 5.75 Å². The maximum Gasteiger partial charge on any atom is 0.277 e. The highest BCUT2D eigenvalue weighted by Gasteiger charge is 2.12. The van der Waals surface area contributed by atoms with E-state index in [1.54, 1.807) is 0 Å². The fraction of sp³-hybridized carbons (Fsp3) is 0.0952.